The van der Waals surface area contributed by atoms with Crippen LogP contribution in [0.15, 0.2) is 16.8 Å². The molecule has 0 saturated carbocycles. The second kappa shape index (κ2) is 6.47. The number of rotatable bonds is 5. The van der Waals surface area contributed by atoms with Gasteiger partial charge in [-0.3, -0.25) is 9.69 Å². The van der Waals surface area contributed by atoms with Crippen molar-refractivity contribution in [2.75, 3.05) is 19.8 Å². The topological polar surface area (TPSA) is 81.6 Å². The van der Waals surface area contributed by atoms with E-state index in [2.05, 4.69) is 23.3 Å². The van der Waals surface area contributed by atoms with Crippen molar-refractivity contribution in [3.63, 3.8) is 0 Å². The average molecular weight is 283 g/mol. The van der Waals surface area contributed by atoms with Crippen molar-refractivity contribution < 1.29 is 9.53 Å². The summed E-state index contributed by atoms with van der Waals surface area (Å²) in [6, 6.07) is 1.68. The highest BCUT2D eigenvalue weighted by molar-refractivity contribution is 7.07. The quantitative estimate of drug-likeness (QED) is 0.834. The number of morpholine rings is 1. The number of carbonyl (C=O) groups excluding carboxylic acids is 1. The summed E-state index contributed by atoms with van der Waals surface area (Å²) in [4.78, 5) is 13.7. The summed E-state index contributed by atoms with van der Waals surface area (Å²) in [5, 5.41) is 4.12. The molecular formula is C13H21N3O2S. The Balaban J connectivity index is 2.28. The van der Waals surface area contributed by atoms with Gasteiger partial charge in [0.15, 0.2) is 0 Å². The van der Waals surface area contributed by atoms with Gasteiger partial charge in [-0.1, -0.05) is 6.92 Å². The molecule has 3 atom stereocenters. The predicted molar refractivity (Wildman–Crippen MR) is 75.8 cm³/mol. The summed E-state index contributed by atoms with van der Waals surface area (Å²) >= 11 is 1.64. The van der Waals surface area contributed by atoms with Gasteiger partial charge in [0, 0.05) is 12.6 Å². The Kier molecular flexibility index (Phi) is 4.93. The van der Waals surface area contributed by atoms with Crippen molar-refractivity contribution in [3.8, 4) is 0 Å². The van der Waals surface area contributed by atoms with Crippen LogP contribution in [-0.2, 0) is 9.53 Å². The summed E-state index contributed by atoms with van der Waals surface area (Å²) < 4.78 is 5.37. The van der Waals surface area contributed by atoms with Gasteiger partial charge < -0.3 is 16.2 Å². The highest BCUT2D eigenvalue weighted by Gasteiger charge is 2.36. The van der Waals surface area contributed by atoms with E-state index in [0.717, 1.165) is 12.0 Å². The fourth-order valence-corrected chi connectivity index (χ4v) is 3.24. The Bertz CT molecular complexity index is 410. The van der Waals surface area contributed by atoms with E-state index in [0.29, 0.717) is 19.8 Å². The first-order chi connectivity index (χ1) is 9.15. The number of primary amides is 1. The smallest absolute Gasteiger partial charge is 0.237 e. The van der Waals surface area contributed by atoms with Gasteiger partial charge in [0.2, 0.25) is 5.91 Å². The van der Waals surface area contributed by atoms with Crippen LogP contribution in [0.5, 0.6) is 0 Å². The van der Waals surface area contributed by atoms with Gasteiger partial charge >= 0.3 is 0 Å². The molecule has 2 heterocycles. The minimum absolute atomic E-state index is 0.0189. The van der Waals surface area contributed by atoms with Crippen LogP contribution >= 0.6 is 11.3 Å². The van der Waals surface area contributed by atoms with E-state index in [1.165, 1.54) is 0 Å². The molecule has 1 amide bonds. The third-order valence-electron chi connectivity index (χ3n) is 3.62. The molecule has 1 aromatic heterocycles. The molecule has 5 nitrogen and oxygen atoms in total. The summed E-state index contributed by atoms with van der Waals surface area (Å²) in [6.07, 6.45) is 0.851. The van der Waals surface area contributed by atoms with Crippen molar-refractivity contribution in [2.45, 2.75) is 31.5 Å². The zero-order valence-corrected chi connectivity index (χ0v) is 11.9. The number of amides is 1. The van der Waals surface area contributed by atoms with Crippen LogP contribution in [0.1, 0.15) is 24.9 Å². The third kappa shape index (κ3) is 3.14. The third-order valence-corrected chi connectivity index (χ3v) is 4.32. The lowest BCUT2D eigenvalue weighted by Crippen LogP contribution is -2.56. The number of hydrogen-bond acceptors (Lipinski definition) is 5. The van der Waals surface area contributed by atoms with E-state index in [4.69, 9.17) is 16.2 Å². The molecule has 1 aliphatic heterocycles. The number of hydrogen-bond donors (Lipinski definition) is 2. The second-order valence-corrected chi connectivity index (χ2v) is 5.58. The van der Waals surface area contributed by atoms with E-state index in [9.17, 15) is 4.79 Å². The van der Waals surface area contributed by atoms with Crippen molar-refractivity contribution in [3.05, 3.63) is 22.4 Å². The van der Waals surface area contributed by atoms with Crippen LogP contribution in [0.2, 0.25) is 0 Å². The van der Waals surface area contributed by atoms with E-state index in [-0.39, 0.29) is 18.0 Å². The largest absolute Gasteiger partial charge is 0.378 e. The van der Waals surface area contributed by atoms with Crippen molar-refractivity contribution in [1.29, 1.82) is 0 Å². The molecule has 1 fully saturated rings. The SMILES string of the molecule is CCC(N)C(c1ccsc1)N1CCOCC1C(N)=O. The van der Waals surface area contributed by atoms with Crippen LogP contribution in [0.3, 0.4) is 0 Å². The Morgan fingerprint density at radius 2 is 2.47 bits per heavy atom. The number of nitrogens with two attached hydrogens (primary N) is 2. The molecule has 4 N–H and O–H groups in total. The van der Waals surface area contributed by atoms with E-state index in [1.54, 1.807) is 11.3 Å². The Morgan fingerprint density at radius 1 is 1.68 bits per heavy atom. The van der Waals surface area contributed by atoms with Crippen LogP contribution in [0, 0.1) is 0 Å². The van der Waals surface area contributed by atoms with E-state index in [1.807, 2.05) is 5.38 Å². The van der Waals surface area contributed by atoms with Crippen LogP contribution in [0.25, 0.3) is 0 Å². The average Bonchev–Trinajstić information content (AvgIpc) is 2.93. The molecule has 106 valence electrons. The summed E-state index contributed by atoms with van der Waals surface area (Å²) in [5.74, 6) is -0.344. The van der Waals surface area contributed by atoms with Gasteiger partial charge in [-0.25, -0.2) is 0 Å². The molecule has 3 unspecified atom stereocenters. The Hall–Kier alpha value is -0.950. The fourth-order valence-electron chi connectivity index (χ4n) is 2.55. The molecular weight excluding hydrogens is 262 g/mol. The highest BCUT2D eigenvalue weighted by Crippen LogP contribution is 2.29. The van der Waals surface area contributed by atoms with Gasteiger partial charge in [-0.05, 0) is 28.8 Å². The fraction of sp³-hybridized carbons (Fsp3) is 0.615. The monoisotopic (exact) mass is 283 g/mol. The first-order valence-electron chi connectivity index (χ1n) is 6.55. The minimum atomic E-state index is -0.392. The second-order valence-electron chi connectivity index (χ2n) is 4.80. The number of carbonyl (C=O) groups is 1. The van der Waals surface area contributed by atoms with E-state index < -0.39 is 6.04 Å². The molecule has 0 spiro atoms. The molecule has 2 rings (SSSR count). The lowest BCUT2D eigenvalue weighted by Gasteiger charge is -2.41. The molecule has 0 radical (unpaired) electrons. The van der Waals surface area contributed by atoms with Crippen molar-refractivity contribution >= 4 is 17.2 Å². The van der Waals surface area contributed by atoms with Crippen molar-refractivity contribution in [1.82, 2.24) is 4.90 Å². The van der Waals surface area contributed by atoms with Crippen LogP contribution in [-0.4, -0.2) is 42.6 Å². The van der Waals surface area contributed by atoms with E-state index >= 15 is 0 Å². The maximum atomic E-state index is 11.6. The Morgan fingerprint density at radius 3 is 3.05 bits per heavy atom. The maximum Gasteiger partial charge on any atom is 0.237 e. The molecule has 1 aliphatic rings. The molecule has 0 aliphatic carbocycles. The summed E-state index contributed by atoms with van der Waals surface area (Å²) in [6.45, 7) is 3.71. The zero-order valence-electron chi connectivity index (χ0n) is 11.1. The zero-order chi connectivity index (χ0) is 13.8. The molecule has 1 saturated heterocycles. The van der Waals surface area contributed by atoms with Gasteiger partial charge in [0.25, 0.3) is 0 Å². The lowest BCUT2D eigenvalue weighted by atomic mass is 9.96. The van der Waals surface area contributed by atoms with Gasteiger partial charge in [-0.15, -0.1) is 0 Å². The van der Waals surface area contributed by atoms with Gasteiger partial charge in [0.05, 0.1) is 19.3 Å². The predicted octanol–water partition coefficient (Wildman–Crippen LogP) is 0.713. The van der Waals surface area contributed by atoms with Crippen LogP contribution in [0.4, 0.5) is 0 Å². The molecule has 0 bridgehead atoms. The number of thiophene rings is 1. The standard InChI is InChI=1S/C13H21N3O2S/c1-2-10(14)12(9-3-6-19-8-9)16-4-5-18-7-11(16)13(15)17/h3,6,8,10-12H,2,4-5,7,14H2,1H3,(H2,15,17). The highest BCUT2D eigenvalue weighted by atomic mass is 32.1. The lowest BCUT2D eigenvalue weighted by molar-refractivity contribution is -0.132. The molecule has 19 heavy (non-hydrogen) atoms. The maximum absolute atomic E-state index is 11.6. The van der Waals surface area contributed by atoms with Crippen molar-refractivity contribution in [2.24, 2.45) is 11.5 Å². The number of ether oxygens (including phenoxy) is 1. The molecule has 0 aromatic carbocycles. The normalized spacial score (nSPS) is 24.0. The first-order valence-corrected chi connectivity index (χ1v) is 7.50. The Labute approximate surface area is 117 Å². The minimum Gasteiger partial charge on any atom is -0.378 e. The number of nitrogens with zero attached hydrogens (tertiary/aromatic N) is 1. The van der Waals surface area contributed by atoms with Gasteiger partial charge in [0.1, 0.15) is 6.04 Å². The summed E-state index contributed by atoms with van der Waals surface area (Å²) in [7, 11) is 0. The first kappa shape index (κ1) is 14.5. The molecule has 6 heteroatoms. The van der Waals surface area contributed by atoms with Gasteiger partial charge in [-0.2, -0.15) is 11.3 Å². The summed E-state index contributed by atoms with van der Waals surface area (Å²) in [5.41, 5.74) is 12.9. The van der Waals surface area contributed by atoms with Crippen LogP contribution < -0.4 is 11.5 Å². The molecule has 1 aromatic rings.